The van der Waals surface area contributed by atoms with Gasteiger partial charge < -0.3 is 19.8 Å². The minimum atomic E-state index is -1.26. The first-order chi connectivity index (χ1) is 13.8. The molecule has 1 aliphatic rings. The Balaban J connectivity index is 0.000000321. The third kappa shape index (κ3) is 7.79. The van der Waals surface area contributed by atoms with Crippen molar-refractivity contribution >= 4 is 11.9 Å². The van der Waals surface area contributed by atoms with Crippen molar-refractivity contribution in [3.05, 3.63) is 77.9 Å². The number of aliphatic carboxylic acids is 2. The molecule has 0 unspecified atom stereocenters. The van der Waals surface area contributed by atoms with E-state index in [1.54, 1.807) is 0 Å². The Labute approximate surface area is 171 Å². The van der Waals surface area contributed by atoms with Crippen LogP contribution in [0, 0.1) is 6.92 Å². The first-order valence-corrected chi connectivity index (χ1v) is 9.46. The van der Waals surface area contributed by atoms with Gasteiger partial charge in [0.1, 0.15) is 11.9 Å². The molecule has 29 heavy (non-hydrogen) atoms. The largest absolute Gasteiger partial charge is 0.490 e. The summed E-state index contributed by atoms with van der Waals surface area (Å²) in [6.45, 7) is 4.26. The Kier molecular flexibility index (Phi) is 8.43. The van der Waals surface area contributed by atoms with Gasteiger partial charge in [-0.2, -0.15) is 0 Å². The zero-order chi connectivity index (χ0) is 21.2. The van der Waals surface area contributed by atoms with Gasteiger partial charge in [-0.3, -0.25) is 0 Å². The number of piperidine rings is 1. The predicted molar refractivity (Wildman–Crippen MR) is 111 cm³/mol. The summed E-state index contributed by atoms with van der Waals surface area (Å²) in [5, 5.41) is 15.6. The number of likely N-dealkylation sites (tertiary alicyclic amines) is 1. The van der Waals surface area contributed by atoms with E-state index >= 15 is 0 Å². The summed E-state index contributed by atoms with van der Waals surface area (Å²) in [5.41, 5.74) is 2.64. The zero-order valence-electron chi connectivity index (χ0n) is 16.7. The summed E-state index contributed by atoms with van der Waals surface area (Å²) in [7, 11) is 2.19. The molecule has 0 spiro atoms. The average Bonchev–Trinajstić information content (AvgIpc) is 2.70. The van der Waals surface area contributed by atoms with Gasteiger partial charge in [-0.25, -0.2) is 9.59 Å². The number of hydrogen-bond acceptors (Lipinski definition) is 4. The van der Waals surface area contributed by atoms with E-state index in [1.165, 1.54) is 11.1 Å². The molecule has 154 valence electrons. The third-order valence-corrected chi connectivity index (χ3v) is 4.66. The lowest BCUT2D eigenvalue weighted by atomic mass is 9.88. The maximum Gasteiger partial charge on any atom is 0.328 e. The molecule has 2 aromatic carbocycles. The van der Waals surface area contributed by atoms with E-state index in [0.717, 1.165) is 25.3 Å². The molecular weight excluding hydrogens is 370 g/mol. The zero-order valence-corrected chi connectivity index (χ0v) is 16.7. The van der Waals surface area contributed by atoms with Gasteiger partial charge in [-0.15, -0.1) is 0 Å². The van der Waals surface area contributed by atoms with Crippen LogP contribution < -0.4 is 4.74 Å². The van der Waals surface area contributed by atoms with Crippen LogP contribution >= 0.6 is 0 Å². The summed E-state index contributed by atoms with van der Waals surface area (Å²) in [6.07, 6.45) is 2.44. The van der Waals surface area contributed by atoms with Crippen molar-refractivity contribution in [1.29, 1.82) is 0 Å². The molecule has 0 saturated carbocycles. The standard InChI is InChI=1S/C19H23NO.C4H4O4/c1-15-8-10-17(11-9-15)21-19-12-13-20(2)14-18(19)16-6-4-3-5-7-16;5-3(6)1-2-4(7)8/h3-11,18-19H,12-14H2,1-2H3;1-2H,(H,5,6)(H,7,8)/b;2-1+/t18-,19-;/m0./s1. The van der Waals surface area contributed by atoms with Crippen LogP contribution in [-0.4, -0.2) is 53.3 Å². The van der Waals surface area contributed by atoms with Gasteiger partial charge in [-0.1, -0.05) is 48.0 Å². The number of benzene rings is 2. The summed E-state index contributed by atoms with van der Waals surface area (Å²) in [4.78, 5) is 21.5. The van der Waals surface area contributed by atoms with Crippen molar-refractivity contribution in [3.8, 4) is 5.75 Å². The molecule has 0 aromatic heterocycles. The number of hydrogen-bond donors (Lipinski definition) is 2. The van der Waals surface area contributed by atoms with Crippen molar-refractivity contribution < 1.29 is 24.5 Å². The molecule has 0 amide bonds. The molecule has 6 nitrogen and oxygen atoms in total. The third-order valence-electron chi connectivity index (χ3n) is 4.66. The van der Waals surface area contributed by atoms with Crippen molar-refractivity contribution in [2.45, 2.75) is 25.4 Å². The Morgan fingerprint density at radius 2 is 1.59 bits per heavy atom. The van der Waals surface area contributed by atoms with Gasteiger partial charge in [0.15, 0.2) is 0 Å². The highest BCUT2D eigenvalue weighted by molar-refractivity contribution is 5.89. The Morgan fingerprint density at radius 1 is 1.00 bits per heavy atom. The van der Waals surface area contributed by atoms with Crippen molar-refractivity contribution in [2.75, 3.05) is 20.1 Å². The van der Waals surface area contributed by atoms with Gasteiger partial charge in [0.05, 0.1) is 0 Å². The van der Waals surface area contributed by atoms with Gasteiger partial charge in [-0.05, 0) is 38.1 Å². The first-order valence-electron chi connectivity index (χ1n) is 9.46. The molecule has 1 heterocycles. The van der Waals surface area contributed by atoms with E-state index in [4.69, 9.17) is 14.9 Å². The Bertz CT molecular complexity index is 801. The number of ether oxygens (including phenoxy) is 1. The van der Waals surface area contributed by atoms with Crippen molar-refractivity contribution in [2.24, 2.45) is 0 Å². The molecule has 1 fully saturated rings. The molecule has 0 radical (unpaired) electrons. The van der Waals surface area contributed by atoms with Crippen LogP contribution in [0.2, 0.25) is 0 Å². The van der Waals surface area contributed by atoms with Crippen LogP contribution in [0.5, 0.6) is 5.75 Å². The second-order valence-electron chi connectivity index (χ2n) is 7.05. The van der Waals surface area contributed by atoms with Crippen molar-refractivity contribution in [3.63, 3.8) is 0 Å². The quantitative estimate of drug-likeness (QED) is 0.750. The van der Waals surface area contributed by atoms with Crippen LogP contribution in [0.3, 0.4) is 0 Å². The van der Waals surface area contributed by atoms with E-state index in [-0.39, 0.29) is 6.10 Å². The fraction of sp³-hybridized carbons (Fsp3) is 0.304. The van der Waals surface area contributed by atoms with Crippen LogP contribution in [0.1, 0.15) is 23.5 Å². The number of rotatable bonds is 5. The molecule has 1 saturated heterocycles. The summed E-state index contributed by atoms with van der Waals surface area (Å²) in [6, 6.07) is 19.1. The van der Waals surface area contributed by atoms with Crippen LogP contribution in [-0.2, 0) is 9.59 Å². The Morgan fingerprint density at radius 3 is 2.14 bits per heavy atom. The number of carboxylic acids is 2. The minimum Gasteiger partial charge on any atom is -0.490 e. The molecule has 0 aliphatic carbocycles. The van der Waals surface area contributed by atoms with E-state index in [0.29, 0.717) is 18.1 Å². The van der Waals surface area contributed by atoms with E-state index < -0.39 is 11.9 Å². The van der Waals surface area contributed by atoms with Crippen LogP contribution in [0.15, 0.2) is 66.7 Å². The monoisotopic (exact) mass is 397 g/mol. The number of aryl methyl sites for hydroxylation is 1. The molecule has 6 heteroatoms. The van der Waals surface area contributed by atoms with Crippen LogP contribution in [0.25, 0.3) is 0 Å². The molecular formula is C23H27NO5. The topological polar surface area (TPSA) is 87.1 Å². The van der Waals surface area contributed by atoms with E-state index in [2.05, 4.69) is 73.5 Å². The molecule has 2 aromatic rings. The molecule has 3 rings (SSSR count). The lowest BCUT2D eigenvalue weighted by Crippen LogP contribution is -2.42. The lowest BCUT2D eigenvalue weighted by molar-refractivity contribution is -0.134. The Hall–Kier alpha value is -3.12. The van der Waals surface area contributed by atoms with Gasteiger partial charge >= 0.3 is 11.9 Å². The molecule has 1 aliphatic heterocycles. The SMILES string of the molecule is Cc1ccc(O[C@H]2CCN(C)C[C@H]2c2ccccc2)cc1.O=C(O)/C=C/C(=O)O. The fourth-order valence-electron chi connectivity index (χ4n) is 3.19. The highest BCUT2D eigenvalue weighted by Crippen LogP contribution is 2.30. The lowest BCUT2D eigenvalue weighted by Gasteiger charge is -2.37. The number of carbonyl (C=O) groups is 2. The number of likely N-dealkylation sites (N-methyl/N-ethyl adjacent to an activating group) is 1. The second-order valence-corrected chi connectivity index (χ2v) is 7.05. The van der Waals surface area contributed by atoms with Gasteiger partial charge in [0.25, 0.3) is 0 Å². The number of nitrogens with zero attached hydrogens (tertiary/aromatic N) is 1. The van der Waals surface area contributed by atoms with Gasteiger partial charge in [0.2, 0.25) is 0 Å². The van der Waals surface area contributed by atoms with Gasteiger partial charge in [0, 0.05) is 31.2 Å². The molecule has 2 atom stereocenters. The summed E-state index contributed by atoms with van der Waals surface area (Å²) < 4.78 is 6.30. The summed E-state index contributed by atoms with van der Waals surface area (Å²) >= 11 is 0. The predicted octanol–water partition coefficient (Wildman–Crippen LogP) is 3.57. The van der Waals surface area contributed by atoms with Crippen molar-refractivity contribution in [1.82, 2.24) is 4.90 Å². The normalized spacial score (nSPS) is 19.2. The molecule has 0 bridgehead atoms. The highest BCUT2D eigenvalue weighted by Gasteiger charge is 2.30. The smallest absolute Gasteiger partial charge is 0.328 e. The fourth-order valence-corrected chi connectivity index (χ4v) is 3.19. The van der Waals surface area contributed by atoms with E-state index in [1.807, 2.05) is 0 Å². The minimum absolute atomic E-state index is 0.256. The maximum atomic E-state index is 9.55. The molecule has 2 N–H and O–H groups in total. The average molecular weight is 397 g/mol. The number of carboxylic acid groups (broad SMARTS) is 2. The highest BCUT2D eigenvalue weighted by atomic mass is 16.5. The van der Waals surface area contributed by atoms with Crippen LogP contribution in [0.4, 0.5) is 0 Å². The maximum absolute atomic E-state index is 9.55. The second kappa shape index (κ2) is 11.0. The summed E-state index contributed by atoms with van der Waals surface area (Å²) in [5.74, 6) is -1.10. The first kappa shape index (κ1) is 22.2. The van der Waals surface area contributed by atoms with E-state index in [9.17, 15) is 9.59 Å².